The van der Waals surface area contributed by atoms with Gasteiger partial charge in [-0.05, 0) is 6.92 Å². The molecule has 1 heterocycles. The quantitative estimate of drug-likeness (QED) is 0.656. The number of hydrogen-bond acceptors (Lipinski definition) is 5. The van der Waals surface area contributed by atoms with Crippen LogP contribution in [0.1, 0.15) is 6.92 Å². The van der Waals surface area contributed by atoms with Gasteiger partial charge in [0.15, 0.2) is 0 Å². The number of anilines is 1. The van der Waals surface area contributed by atoms with Gasteiger partial charge in [0.05, 0.1) is 12.0 Å². The van der Waals surface area contributed by atoms with E-state index in [1.165, 1.54) is 6.92 Å². The van der Waals surface area contributed by atoms with Crippen molar-refractivity contribution in [3.63, 3.8) is 0 Å². The van der Waals surface area contributed by atoms with E-state index in [-0.39, 0.29) is 0 Å². The SMILES string of the molecule is CC(Nc1nc(F)cc(F)n1)C(=O)[O-]. The molecule has 0 bridgehead atoms. The minimum atomic E-state index is -1.42. The molecule has 0 aliphatic rings. The van der Waals surface area contributed by atoms with Gasteiger partial charge in [0.2, 0.25) is 17.8 Å². The Morgan fingerprint density at radius 2 is 2.00 bits per heavy atom. The Morgan fingerprint density at radius 3 is 2.43 bits per heavy atom. The van der Waals surface area contributed by atoms with Gasteiger partial charge in [-0.1, -0.05) is 0 Å². The van der Waals surface area contributed by atoms with Crippen LogP contribution in [0.25, 0.3) is 0 Å². The van der Waals surface area contributed by atoms with E-state index in [0.717, 1.165) is 0 Å². The number of carboxylic acids is 1. The summed E-state index contributed by atoms with van der Waals surface area (Å²) in [5, 5.41) is 12.4. The molecule has 1 atom stereocenters. The number of hydrogen-bond donors (Lipinski definition) is 1. The maximum atomic E-state index is 12.5. The van der Waals surface area contributed by atoms with Crippen molar-refractivity contribution in [1.29, 1.82) is 0 Å². The van der Waals surface area contributed by atoms with Crippen LogP contribution in [0.2, 0.25) is 0 Å². The summed E-state index contributed by atoms with van der Waals surface area (Å²) in [5.74, 6) is -4.01. The van der Waals surface area contributed by atoms with E-state index in [1.807, 2.05) is 0 Å². The highest BCUT2D eigenvalue weighted by Gasteiger charge is 2.07. The Balaban J connectivity index is 2.81. The monoisotopic (exact) mass is 202 g/mol. The first kappa shape index (κ1) is 10.3. The standard InChI is InChI=1S/C7H7F2N3O2/c1-3(6(13)14)10-7-11-4(8)2-5(9)12-7/h2-3H,1H3,(H,13,14)(H,10,11,12)/p-1. The zero-order valence-corrected chi connectivity index (χ0v) is 7.12. The summed E-state index contributed by atoms with van der Waals surface area (Å²) < 4.78 is 25.0. The first-order valence-electron chi connectivity index (χ1n) is 3.66. The highest BCUT2D eigenvalue weighted by Crippen LogP contribution is 2.03. The largest absolute Gasteiger partial charge is 0.548 e. The molecule has 76 valence electrons. The molecule has 0 aliphatic heterocycles. The van der Waals surface area contributed by atoms with E-state index >= 15 is 0 Å². The fourth-order valence-electron chi connectivity index (χ4n) is 0.707. The number of nitrogens with zero attached hydrogens (tertiary/aromatic N) is 2. The molecular weight excluding hydrogens is 196 g/mol. The second-order valence-corrected chi connectivity index (χ2v) is 2.52. The average molecular weight is 202 g/mol. The summed E-state index contributed by atoms with van der Waals surface area (Å²) in [7, 11) is 0. The average Bonchev–Trinajstić information content (AvgIpc) is 2.01. The molecule has 14 heavy (non-hydrogen) atoms. The highest BCUT2D eigenvalue weighted by atomic mass is 19.1. The van der Waals surface area contributed by atoms with Crippen molar-refractivity contribution in [1.82, 2.24) is 9.97 Å². The fraction of sp³-hybridized carbons (Fsp3) is 0.286. The molecule has 0 amide bonds. The second-order valence-electron chi connectivity index (χ2n) is 2.52. The topological polar surface area (TPSA) is 77.9 Å². The molecule has 0 aliphatic carbocycles. The van der Waals surface area contributed by atoms with Crippen molar-refractivity contribution in [2.24, 2.45) is 0 Å². The molecule has 1 N–H and O–H groups in total. The van der Waals surface area contributed by atoms with Gasteiger partial charge in [0, 0.05) is 6.07 Å². The number of carbonyl (C=O) groups excluding carboxylic acids is 1. The lowest BCUT2D eigenvalue weighted by molar-refractivity contribution is -0.306. The molecule has 1 aromatic rings. The zero-order valence-electron chi connectivity index (χ0n) is 7.12. The predicted molar refractivity (Wildman–Crippen MR) is 40.0 cm³/mol. The minimum absolute atomic E-state index is 0.431. The molecule has 0 radical (unpaired) electrons. The summed E-state index contributed by atoms with van der Waals surface area (Å²) in [6.07, 6.45) is 0. The Kier molecular flexibility index (Phi) is 2.90. The lowest BCUT2D eigenvalue weighted by Crippen LogP contribution is -2.39. The lowest BCUT2D eigenvalue weighted by atomic mass is 10.3. The third-order valence-electron chi connectivity index (χ3n) is 1.36. The van der Waals surface area contributed by atoms with Crippen LogP contribution in [0.4, 0.5) is 14.7 Å². The molecule has 5 nitrogen and oxygen atoms in total. The normalized spacial score (nSPS) is 12.2. The van der Waals surface area contributed by atoms with Gasteiger partial charge in [0.25, 0.3) is 0 Å². The molecule has 0 saturated heterocycles. The summed E-state index contributed by atoms with van der Waals surface area (Å²) in [6, 6.07) is -0.648. The first-order chi connectivity index (χ1) is 6.49. The van der Waals surface area contributed by atoms with Crippen molar-refractivity contribution in [3.8, 4) is 0 Å². The van der Waals surface area contributed by atoms with Crippen molar-refractivity contribution < 1.29 is 18.7 Å². The van der Waals surface area contributed by atoms with E-state index in [2.05, 4.69) is 15.3 Å². The Labute approximate surface area is 77.8 Å². The maximum Gasteiger partial charge on any atom is 0.228 e. The number of aliphatic carboxylic acids is 1. The second kappa shape index (κ2) is 3.95. The molecule has 7 heteroatoms. The predicted octanol–water partition coefficient (Wildman–Crippen LogP) is -0.695. The summed E-state index contributed by atoms with van der Waals surface area (Å²) >= 11 is 0. The third kappa shape index (κ3) is 2.61. The van der Waals surface area contributed by atoms with E-state index in [0.29, 0.717) is 6.07 Å². The third-order valence-corrected chi connectivity index (χ3v) is 1.36. The molecule has 0 saturated carbocycles. The van der Waals surface area contributed by atoms with Crippen LogP contribution < -0.4 is 10.4 Å². The maximum absolute atomic E-state index is 12.5. The van der Waals surface area contributed by atoms with E-state index in [9.17, 15) is 18.7 Å². The smallest absolute Gasteiger partial charge is 0.228 e. The van der Waals surface area contributed by atoms with Gasteiger partial charge in [0.1, 0.15) is 0 Å². The molecular formula is C7H6F2N3O2-. The molecule has 1 unspecified atom stereocenters. The Morgan fingerprint density at radius 1 is 1.50 bits per heavy atom. The minimum Gasteiger partial charge on any atom is -0.548 e. The Bertz CT molecular complexity index is 339. The van der Waals surface area contributed by atoms with Gasteiger partial charge < -0.3 is 15.2 Å². The number of carbonyl (C=O) groups is 1. The van der Waals surface area contributed by atoms with E-state index in [4.69, 9.17) is 0 Å². The van der Waals surface area contributed by atoms with Gasteiger partial charge in [-0.25, -0.2) is 0 Å². The van der Waals surface area contributed by atoms with Gasteiger partial charge in [-0.3, -0.25) is 0 Å². The summed E-state index contributed by atoms with van der Waals surface area (Å²) in [5.41, 5.74) is 0. The number of halogens is 2. The molecule has 1 rings (SSSR count). The van der Waals surface area contributed by atoms with Crippen molar-refractivity contribution in [3.05, 3.63) is 18.0 Å². The lowest BCUT2D eigenvalue weighted by Gasteiger charge is -2.13. The molecule has 0 fully saturated rings. The van der Waals surface area contributed by atoms with Crippen molar-refractivity contribution >= 4 is 11.9 Å². The van der Waals surface area contributed by atoms with Crippen LogP contribution in [-0.2, 0) is 4.79 Å². The number of nitrogens with one attached hydrogen (secondary N) is 1. The first-order valence-corrected chi connectivity index (χ1v) is 3.66. The van der Waals surface area contributed by atoms with Crippen LogP contribution in [0.5, 0.6) is 0 Å². The van der Waals surface area contributed by atoms with Gasteiger partial charge >= 0.3 is 0 Å². The molecule has 0 aromatic carbocycles. The van der Waals surface area contributed by atoms with Crippen molar-refractivity contribution in [2.75, 3.05) is 5.32 Å². The highest BCUT2D eigenvalue weighted by molar-refractivity contribution is 5.73. The van der Waals surface area contributed by atoms with Crippen LogP contribution in [0.15, 0.2) is 6.07 Å². The van der Waals surface area contributed by atoms with Gasteiger partial charge in [-0.2, -0.15) is 18.7 Å². The number of carboxylic acid groups (broad SMARTS) is 1. The zero-order chi connectivity index (χ0) is 10.7. The fourth-order valence-corrected chi connectivity index (χ4v) is 0.707. The van der Waals surface area contributed by atoms with Crippen LogP contribution in [-0.4, -0.2) is 22.0 Å². The summed E-state index contributed by atoms with van der Waals surface area (Å²) in [4.78, 5) is 16.5. The molecule has 1 aromatic heterocycles. The number of aromatic nitrogens is 2. The van der Waals surface area contributed by atoms with E-state index < -0.39 is 29.9 Å². The number of rotatable bonds is 3. The van der Waals surface area contributed by atoms with Crippen molar-refractivity contribution in [2.45, 2.75) is 13.0 Å². The Hall–Kier alpha value is -1.79. The van der Waals surface area contributed by atoms with Crippen LogP contribution >= 0.6 is 0 Å². The van der Waals surface area contributed by atoms with Crippen LogP contribution in [0.3, 0.4) is 0 Å². The van der Waals surface area contributed by atoms with Gasteiger partial charge in [-0.15, -0.1) is 0 Å². The van der Waals surface area contributed by atoms with E-state index in [1.54, 1.807) is 0 Å². The van der Waals surface area contributed by atoms with Crippen LogP contribution in [0, 0.1) is 11.9 Å². The molecule has 0 spiro atoms. The summed E-state index contributed by atoms with van der Waals surface area (Å²) in [6.45, 7) is 1.24.